The van der Waals surface area contributed by atoms with Gasteiger partial charge in [0, 0.05) is 40.3 Å². The van der Waals surface area contributed by atoms with E-state index in [9.17, 15) is 4.79 Å². The summed E-state index contributed by atoms with van der Waals surface area (Å²) in [5, 5.41) is 4.27. The number of guanidine groups is 1. The normalized spacial score (nSPS) is 11.7. The van der Waals surface area contributed by atoms with Crippen molar-refractivity contribution in [3.05, 3.63) is 92.1 Å². The summed E-state index contributed by atoms with van der Waals surface area (Å²) in [4.78, 5) is 23.9. The number of aromatic amines is 1. The zero-order valence-electron chi connectivity index (χ0n) is 27.7. The number of H-pyrrole nitrogens is 1. The first-order valence-corrected chi connectivity index (χ1v) is 16.4. The van der Waals surface area contributed by atoms with E-state index in [0.29, 0.717) is 12.2 Å². The van der Waals surface area contributed by atoms with Gasteiger partial charge in [-0.2, -0.15) is 4.98 Å². The number of hydrogen-bond acceptors (Lipinski definition) is 5. The Labute approximate surface area is 276 Å². The molecule has 8 N–H and O–H groups in total. The third-order valence-electron chi connectivity index (χ3n) is 7.41. The molecule has 244 valence electrons. The Bertz CT molecular complexity index is 1600. The highest BCUT2D eigenvalue weighted by molar-refractivity contribution is 9.10. The van der Waals surface area contributed by atoms with Crippen molar-refractivity contribution in [2.24, 2.45) is 22.2 Å². The fraction of sp³-hybridized carbons (Fsp3) is 0.457. The van der Waals surface area contributed by atoms with E-state index in [4.69, 9.17) is 17.2 Å². The number of hydrogen-bond donors (Lipinski definition) is 5. The molecule has 45 heavy (non-hydrogen) atoms. The smallest absolute Gasteiger partial charge is 0.354 e. The van der Waals surface area contributed by atoms with Gasteiger partial charge in [-0.15, -0.1) is 0 Å². The van der Waals surface area contributed by atoms with Gasteiger partial charge in [0.2, 0.25) is 0 Å². The van der Waals surface area contributed by atoms with Crippen molar-refractivity contribution in [2.45, 2.75) is 84.6 Å². The lowest BCUT2D eigenvalue weighted by molar-refractivity contribution is 0.574. The number of aliphatic imine (C=N–C) groups is 1. The van der Waals surface area contributed by atoms with E-state index in [1.807, 2.05) is 30.5 Å². The summed E-state index contributed by atoms with van der Waals surface area (Å²) in [5.74, 6) is 0.123. The molecule has 4 aromatic rings. The zero-order chi connectivity index (χ0) is 33.2. The van der Waals surface area contributed by atoms with Gasteiger partial charge in [-0.05, 0) is 91.2 Å². The summed E-state index contributed by atoms with van der Waals surface area (Å²) in [6, 6.07) is 16.7. The van der Waals surface area contributed by atoms with Crippen molar-refractivity contribution < 1.29 is 0 Å². The maximum absolute atomic E-state index is 12.5. The predicted octanol–water partition coefficient (Wildman–Crippen LogP) is 5.79. The largest absolute Gasteiger partial charge is 0.370 e. The molecule has 0 unspecified atom stereocenters. The molecule has 10 heteroatoms. The van der Waals surface area contributed by atoms with Crippen LogP contribution in [-0.2, 0) is 23.8 Å². The van der Waals surface area contributed by atoms with Crippen molar-refractivity contribution >= 4 is 32.9 Å². The molecule has 0 saturated heterocycles. The Morgan fingerprint density at radius 3 is 2.29 bits per heavy atom. The highest BCUT2D eigenvalue weighted by Gasteiger charge is 2.18. The highest BCUT2D eigenvalue weighted by atomic mass is 79.9. The zero-order valence-corrected chi connectivity index (χ0v) is 29.3. The Balaban J connectivity index is 0.000000292. The van der Waals surface area contributed by atoms with Crippen molar-refractivity contribution in [1.82, 2.24) is 19.9 Å². The van der Waals surface area contributed by atoms with Crippen LogP contribution in [0.5, 0.6) is 0 Å². The average molecular weight is 680 g/mol. The molecule has 0 aliphatic carbocycles. The summed E-state index contributed by atoms with van der Waals surface area (Å²) < 4.78 is 2.76. The van der Waals surface area contributed by atoms with Crippen LogP contribution >= 0.6 is 15.9 Å². The number of aryl methyl sites for hydroxylation is 1. The van der Waals surface area contributed by atoms with Crippen molar-refractivity contribution in [1.29, 1.82) is 0 Å². The molecule has 0 radical (unpaired) electrons. The van der Waals surface area contributed by atoms with Crippen LogP contribution in [0.3, 0.4) is 0 Å². The number of aromatic nitrogens is 3. The van der Waals surface area contributed by atoms with Gasteiger partial charge in [-0.25, -0.2) is 4.79 Å². The minimum absolute atomic E-state index is 0.0352. The van der Waals surface area contributed by atoms with Gasteiger partial charge in [0.1, 0.15) is 5.65 Å². The number of nitrogens with one attached hydrogen (secondary N) is 2. The molecule has 0 aliphatic rings. The van der Waals surface area contributed by atoms with Crippen molar-refractivity contribution in [3.8, 4) is 5.69 Å². The highest BCUT2D eigenvalue weighted by Crippen LogP contribution is 2.27. The molecule has 9 nitrogen and oxygen atoms in total. The summed E-state index contributed by atoms with van der Waals surface area (Å²) in [6.45, 7) is 16.1. The maximum atomic E-state index is 12.5. The summed E-state index contributed by atoms with van der Waals surface area (Å²) in [7, 11) is 0. The Morgan fingerprint density at radius 1 is 0.956 bits per heavy atom. The van der Waals surface area contributed by atoms with E-state index in [0.717, 1.165) is 61.2 Å². The molecule has 0 amide bonds. The fourth-order valence-corrected chi connectivity index (χ4v) is 5.24. The Hall–Kier alpha value is -3.47. The maximum Gasteiger partial charge on any atom is 0.354 e. The molecule has 0 bridgehead atoms. The molecule has 0 atom stereocenters. The topological polar surface area (TPSA) is 153 Å². The second kappa shape index (κ2) is 16.2. The summed E-state index contributed by atoms with van der Waals surface area (Å²) in [6.07, 6.45) is 6.12. The molecule has 0 fully saturated rings. The van der Waals surface area contributed by atoms with Crippen LogP contribution in [0.4, 0.5) is 0 Å². The first-order valence-electron chi connectivity index (χ1n) is 15.7. The summed E-state index contributed by atoms with van der Waals surface area (Å²) >= 11 is 3.59. The second-order valence-electron chi connectivity index (χ2n) is 13.5. The molecule has 4 rings (SSSR count). The van der Waals surface area contributed by atoms with E-state index < -0.39 is 0 Å². The van der Waals surface area contributed by atoms with Crippen LogP contribution in [0.1, 0.15) is 83.2 Å². The lowest BCUT2D eigenvalue weighted by Crippen LogP contribution is -2.23. The van der Waals surface area contributed by atoms with Crippen molar-refractivity contribution in [2.75, 3.05) is 19.6 Å². The van der Waals surface area contributed by atoms with E-state index in [1.54, 1.807) is 4.57 Å². The fourth-order valence-electron chi connectivity index (χ4n) is 4.70. The number of benzene rings is 2. The molecule has 2 aromatic carbocycles. The van der Waals surface area contributed by atoms with Crippen LogP contribution in [0, 0.1) is 0 Å². The van der Waals surface area contributed by atoms with Crippen LogP contribution in [0.2, 0.25) is 0 Å². The van der Waals surface area contributed by atoms with Crippen LogP contribution in [-0.4, -0.2) is 40.1 Å². The van der Waals surface area contributed by atoms with Crippen LogP contribution in [0.25, 0.3) is 16.7 Å². The molecule has 2 heterocycles. The minimum atomic E-state index is -0.301. The van der Waals surface area contributed by atoms with Crippen molar-refractivity contribution in [3.63, 3.8) is 0 Å². The van der Waals surface area contributed by atoms with E-state index in [1.165, 1.54) is 22.0 Å². The number of unbranched alkanes of at least 4 members (excludes halogenated alkanes) is 1. The van der Waals surface area contributed by atoms with Gasteiger partial charge in [0.05, 0.1) is 5.69 Å². The third-order valence-corrected chi connectivity index (χ3v) is 7.87. The van der Waals surface area contributed by atoms with Crippen LogP contribution in [0.15, 0.2) is 69.0 Å². The number of nitrogens with zero attached hydrogens (tertiary/aromatic N) is 3. The first-order chi connectivity index (χ1) is 21.2. The van der Waals surface area contributed by atoms with Gasteiger partial charge in [-0.1, -0.05) is 75.7 Å². The van der Waals surface area contributed by atoms with E-state index in [2.05, 4.69) is 102 Å². The second-order valence-corrected chi connectivity index (χ2v) is 14.4. The standard InChI is InChI=1S/C21H29N7O.C14H22BrN/c1-21(2,3)17-11-15-13-28(20(29)27-18(15)26-17)16-7-5-14(6-8-16)12-24-9-4-10-25-19(22)23;1-14(2,3)12-8-11(6-4-5-7-16)9-13(15)10-12/h5-8,11,13,24H,4,9-10,12H2,1-3H3,(H4,22,23,25)(H,26,27,29);8-10H,4-7,16H2,1-3H3. The summed E-state index contributed by atoms with van der Waals surface area (Å²) in [5.41, 5.74) is 22.4. The number of nitrogens with two attached hydrogens (primary N) is 3. The average Bonchev–Trinajstić information content (AvgIpc) is 3.38. The number of fused-ring (bicyclic) bond motifs is 1. The quantitative estimate of drug-likeness (QED) is 0.0769. The molecule has 0 spiro atoms. The Morgan fingerprint density at radius 2 is 1.67 bits per heavy atom. The van der Waals surface area contributed by atoms with Crippen LogP contribution < -0.4 is 28.2 Å². The molecule has 2 aromatic heterocycles. The Kier molecular flexibility index (Phi) is 13.0. The minimum Gasteiger partial charge on any atom is -0.370 e. The SMILES string of the molecule is CC(C)(C)c1cc(Br)cc(CCCCN)c1.CC(C)(C)c1cc2cn(-c3ccc(CNCCCN=C(N)N)cc3)c(=O)nc2[nH]1. The van der Waals surface area contributed by atoms with Gasteiger partial charge in [-0.3, -0.25) is 9.56 Å². The van der Waals surface area contributed by atoms with E-state index >= 15 is 0 Å². The van der Waals surface area contributed by atoms with Gasteiger partial charge >= 0.3 is 5.69 Å². The molecule has 0 aliphatic heterocycles. The van der Waals surface area contributed by atoms with Gasteiger partial charge in [0.15, 0.2) is 5.96 Å². The van der Waals surface area contributed by atoms with Gasteiger partial charge in [0.25, 0.3) is 0 Å². The molecule has 0 saturated carbocycles. The predicted molar refractivity (Wildman–Crippen MR) is 192 cm³/mol. The molecular formula is C35H51BrN8O. The number of rotatable bonds is 11. The number of halogens is 1. The monoisotopic (exact) mass is 678 g/mol. The lowest BCUT2D eigenvalue weighted by Gasteiger charge is -2.20. The molecular weight excluding hydrogens is 628 g/mol. The van der Waals surface area contributed by atoms with Gasteiger partial charge < -0.3 is 27.5 Å². The lowest BCUT2D eigenvalue weighted by atomic mass is 9.86. The first kappa shape index (κ1) is 36.0. The van der Waals surface area contributed by atoms with E-state index in [-0.39, 0.29) is 22.5 Å². The third kappa shape index (κ3) is 11.4.